The van der Waals surface area contributed by atoms with Crippen LogP contribution in [0.2, 0.25) is 0 Å². The molecule has 0 bridgehead atoms. The van der Waals surface area contributed by atoms with Crippen molar-refractivity contribution in [2.45, 2.75) is 0 Å². The number of carbonyl (C=O) groups is 1. The summed E-state index contributed by atoms with van der Waals surface area (Å²) in [6, 6.07) is 0. The van der Waals surface area contributed by atoms with E-state index in [9.17, 15) is 4.79 Å². The predicted molar refractivity (Wildman–Crippen MR) is 23.2 cm³/mol. The fourth-order valence-electron chi connectivity index (χ4n) is 0.350. The standard InChI is InChI=1S/C4H5NO2/c6-4-2-1-3-7-5-4/h1-2H,3H2,(H,5,6). The molecule has 0 aromatic heterocycles. The molecule has 0 unspecified atom stereocenters. The number of hydrogen-bond acceptors (Lipinski definition) is 2. The highest BCUT2D eigenvalue weighted by molar-refractivity contribution is 5.86. The number of rotatable bonds is 0. The molecule has 1 amide bonds. The Morgan fingerprint density at radius 3 is 3.00 bits per heavy atom. The van der Waals surface area contributed by atoms with Crippen molar-refractivity contribution in [2.24, 2.45) is 0 Å². The van der Waals surface area contributed by atoms with Crippen molar-refractivity contribution in [1.82, 2.24) is 5.48 Å². The van der Waals surface area contributed by atoms with E-state index in [2.05, 4.69) is 10.3 Å². The van der Waals surface area contributed by atoms with Crippen LogP contribution in [0.4, 0.5) is 0 Å². The van der Waals surface area contributed by atoms with Gasteiger partial charge in [-0.25, -0.2) is 5.48 Å². The summed E-state index contributed by atoms with van der Waals surface area (Å²) >= 11 is 0. The summed E-state index contributed by atoms with van der Waals surface area (Å²) in [5, 5.41) is 0. The topological polar surface area (TPSA) is 38.3 Å². The van der Waals surface area contributed by atoms with Gasteiger partial charge >= 0.3 is 0 Å². The fraction of sp³-hybridized carbons (Fsp3) is 0.250. The molecule has 0 saturated carbocycles. The Hall–Kier alpha value is -0.830. The average molecular weight is 99.1 g/mol. The van der Waals surface area contributed by atoms with Crippen LogP contribution < -0.4 is 5.48 Å². The van der Waals surface area contributed by atoms with Gasteiger partial charge in [-0.15, -0.1) is 0 Å². The molecule has 1 aliphatic rings. The lowest BCUT2D eigenvalue weighted by Crippen LogP contribution is -2.24. The van der Waals surface area contributed by atoms with E-state index in [4.69, 9.17) is 0 Å². The van der Waals surface area contributed by atoms with E-state index in [0.717, 1.165) is 0 Å². The maximum absolute atomic E-state index is 10.1. The van der Waals surface area contributed by atoms with Gasteiger partial charge in [0.05, 0.1) is 6.61 Å². The molecule has 1 N–H and O–H groups in total. The van der Waals surface area contributed by atoms with Gasteiger partial charge in [0.1, 0.15) is 0 Å². The van der Waals surface area contributed by atoms with Crippen LogP contribution in [-0.2, 0) is 9.63 Å². The molecule has 0 saturated heterocycles. The highest BCUT2D eigenvalue weighted by Crippen LogP contribution is 1.81. The third kappa shape index (κ3) is 1.01. The van der Waals surface area contributed by atoms with E-state index in [1.165, 1.54) is 6.08 Å². The second kappa shape index (κ2) is 1.75. The zero-order valence-electron chi connectivity index (χ0n) is 3.68. The first-order valence-corrected chi connectivity index (χ1v) is 1.98. The zero-order valence-corrected chi connectivity index (χ0v) is 3.68. The van der Waals surface area contributed by atoms with Crippen LogP contribution in [0.25, 0.3) is 0 Å². The minimum absolute atomic E-state index is 0.189. The Morgan fingerprint density at radius 1 is 1.86 bits per heavy atom. The summed E-state index contributed by atoms with van der Waals surface area (Å²) in [4.78, 5) is 14.6. The second-order valence-corrected chi connectivity index (χ2v) is 1.18. The van der Waals surface area contributed by atoms with Gasteiger partial charge in [0, 0.05) is 6.08 Å². The van der Waals surface area contributed by atoms with E-state index >= 15 is 0 Å². The summed E-state index contributed by atoms with van der Waals surface area (Å²) in [5.41, 5.74) is 2.16. The molecular formula is C4H5NO2. The molecule has 0 fully saturated rings. The fourth-order valence-corrected chi connectivity index (χ4v) is 0.350. The summed E-state index contributed by atoms with van der Waals surface area (Å²) in [5.74, 6) is -0.189. The highest BCUT2D eigenvalue weighted by Gasteiger charge is 1.96. The molecule has 3 heteroatoms. The van der Waals surface area contributed by atoms with E-state index in [0.29, 0.717) is 6.61 Å². The molecule has 1 aliphatic heterocycles. The van der Waals surface area contributed by atoms with Crippen molar-refractivity contribution in [3.05, 3.63) is 12.2 Å². The maximum Gasteiger partial charge on any atom is 0.267 e. The van der Waals surface area contributed by atoms with Crippen LogP contribution in [0.15, 0.2) is 12.2 Å². The Balaban J connectivity index is 2.51. The summed E-state index contributed by atoms with van der Waals surface area (Å²) in [7, 11) is 0. The molecule has 0 aliphatic carbocycles. The van der Waals surface area contributed by atoms with Crippen molar-refractivity contribution in [3.8, 4) is 0 Å². The first kappa shape index (κ1) is 4.33. The van der Waals surface area contributed by atoms with Crippen molar-refractivity contribution in [3.63, 3.8) is 0 Å². The lowest BCUT2D eigenvalue weighted by molar-refractivity contribution is -0.128. The number of amides is 1. The van der Waals surface area contributed by atoms with E-state index in [1.807, 2.05) is 0 Å². The number of carbonyl (C=O) groups excluding carboxylic acids is 1. The molecule has 0 radical (unpaired) electrons. The predicted octanol–water partition coefficient (Wildman–Crippen LogP) is -0.396. The SMILES string of the molecule is O=C1C=CCON1. The molecule has 0 aromatic rings. The minimum atomic E-state index is -0.189. The number of hydroxylamine groups is 1. The third-order valence-corrected chi connectivity index (χ3v) is 0.622. The molecule has 0 atom stereocenters. The first-order valence-electron chi connectivity index (χ1n) is 1.98. The maximum atomic E-state index is 10.1. The van der Waals surface area contributed by atoms with Gasteiger partial charge < -0.3 is 0 Å². The van der Waals surface area contributed by atoms with Gasteiger partial charge in [-0.3, -0.25) is 9.63 Å². The Kier molecular flexibility index (Phi) is 1.08. The van der Waals surface area contributed by atoms with Crippen LogP contribution in [0.5, 0.6) is 0 Å². The summed E-state index contributed by atoms with van der Waals surface area (Å²) in [6.45, 7) is 0.478. The van der Waals surface area contributed by atoms with Gasteiger partial charge in [-0.1, -0.05) is 6.08 Å². The molecule has 7 heavy (non-hydrogen) atoms. The molecule has 38 valence electrons. The largest absolute Gasteiger partial charge is 0.269 e. The van der Waals surface area contributed by atoms with Gasteiger partial charge in [0.15, 0.2) is 0 Å². The van der Waals surface area contributed by atoms with E-state index in [1.54, 1.807) is 6.08 Å². The lowest BCUT2D eigenvalue weighted by atomic mass is 10.5. The first-order chi connectivity index (χ1) is 3.39. The molecule has 1 rings (SSSR count). The van der Waals surface area contributed by atoms with Crippen LogP contribution in [0.3, 0.4) is 0 Å². The molecular weight excluding hydrogens is 94.0 g/mol. The Labute approximate surface area is 40.9 Å². The normalized spacial score (nSPS) is 19.1. The van der Waals surface area contributed by atoms with Gasteiger partial charge in [0.2, 0.25) is 0 Å². The van der Waals surface area contributed by atoms with Crippen molar-refractivity contribution in [1.29, 1.82) is 0 Å². The lowest BCUT2D eigenvalue weighted by Gasteiger charge is -2.02. The third-order valence-electron chi connectivity index (χ3n) is 0.622. The van der Waals surface area contributed by atoms with E-state index in [-0.39, 0.29) is 5.91 Å². The summed E-state index contributed by atoms with van der Waals surface area (Å²) in [6.07, 6.45) is 3.09. The van der Waals surface area contributed by atoms with Gasteiger partial charge in [0.25, 0.3) is 5.91 Å². The minimum Gasteiger partial charge on any atom is -0.269 e. The van der Waals surface area contributed by atoms with E-state index < -0.39 is 0 Å². The number of hydrogen-bond donors (Lipinski definition) is 1. The molecule has 0 aromatic carbocycles. The van der Waals surface area contributed by atoms with Crippen molar-refractivity contribution >= 4 is 5.91 Å². The Bertz CT molecular complexity index is 108. The second-order valence-electron chi connectivity index (χ2n) is 1.18. The van der Waals surface area contributed by atoms with Gasteiger partial charge in [-0.05, 0) is 0 Å². The van der Waals surface area contributed by atoms with Crippen LogP contribution in [0, 0.1) is 0 Å². The van der Waals surface area contributed by atoms with Gasteiger partial charge in [-0.2, -0.15) is 0 Å². The van der Waals surface area contributed by atoms with Crippen LogP contribution in [-0.4, -0.2) is 12.5 Å². The molecule has 1 heterocycles. The average Bonchev–Trinajstić information content (AvgIpc) is 1.69. The zero-order chi connectivity index (χ0) is 5.11. The van der Waals surface area contributed by atoms with Crippen molar-refractivity contribution < 1.29 is 9.63 Å². The Morgan fingerprint density at radius 2 is 2.71 bits per heavy atom. The van der Waals surface area contributed by atoms with Crippen LogP contribution >= 0.6 is 0 Å². The summed E-state index contributed by atoms with van der Waals surface area (Å²) < 4.78 is 0. The van der Waals surface area contributed by atoms with Crippen molar-refractivity contribution in [2.75, 3.05) is 6.61 Å². The molecule has 0 spiro atoms. The number of nitrogens with one attached hydrogen (secondary N) is 1. The van der Waals surface area contributed by atoms with Crippen LogP contribution in [0.1, 0.15) is 0 Å². The highest BCUT2D eigenvalue weighted by atomic mass is 16.7. The monoisotopic (exact) mass is 99.0 g/mol. The smallest absolute Gasteiger partial charge is 0.267 e. The quantitative estimate of drug-likeness (QED) is 0.449. The molecule has 3 nitrogen and oxygen atoms in total.